The van der Waals surface area contributed by atoms with Crippen LogP contribution in [0.5, 0.6) is 0 Å². The zero-order valence-corrected chi connectivity index (χ0v) is 11.1. The molecule has 1 aliphatic heterocycles. The van der Waals surface area contributed by atoms with Crippen LogP contribution in [0.2, 0.25) is 0 Å². The number of aryl methyl sites for hydroxylation is 1. The summed E-state index contributed by atoms with van der Waals surface area (Å²) in [6.45, 7) is 5.67. The van der Waals surface area contributed by atoms with Gasteiger partial charge < -0.3 is 9.67 Å². The second-order valence-electron chi connectivity index (χ2n) is 5.18. The highest BCUT2D eigenvalue weighted by Gasteiger charge is 2.19. The number of nitrogens with zero attached hydrogens (tertiary/aromatic N) is 2. The first-order chi connectivity index (χ1) is 8.72. The third-order valence-electron chi connectivity index (χ3n) is 4.01. The van der Waals surface area contributed by atoms with Crippen molar-refractivity contribution in [2.24, 2.45) is 7.05 Å². The molecular weight excluding hydrogens is 224 g/mol. The van der Waals surface area contributed by atoms with E-state index in [2.05, 4.69) is 41.8 Å². The molecular formula is C15H20N2O. The number of hydrogen-bond donors (Lipinski definition) is 1. The molecule has 0 atom stereocenters. The molecule has 0 aliphatic carbocycles. The summed E-state index contributed by atoms with van der Waals surface area (Å²) in [6, 6.07) is 4.65. The molecule has 1 aromatic carbocycles. The largest absolute Gasteiger partial charge is 0.396 e. The molecule has 1 aliphatic rings. The van der Waals surface area contributed by atoms with Crippen LogP contribution in [-0.2, 0) is 26.6 Å². The van der Waals surface area contributed by atoms with Crippen molar-refractivity contribution in [2.45, 2.75) is 26.4 Å². The molecule has 3 rings (SSSR count). The van der Waals surface area contributed by atoms with Crippen molar-refractivity contribution in [3.05, 3.63) is 35.0 Å². The van der Waals surface area contributed by atoms with Gasteiger partial charge in [0.05, 0.1) is 0 Å². The summed E-state index contributed by atoms with van der Waals surface area (Å²) in [4.78, 5) is 2.45. The number of fused-ring (bicyclic) bond motifs is 2. The van der Waals surface area contributed by atoms with Crippen molar-refractivity contribution in [3.63, 3.8) is 0 Å². The van der Waals surface area contributed by atoms with Crippen molar-refractivity contribution < 1.29 is 5.11 Å². The number of aromatic nitrogens is 1. The van der Waals surface area contributed by atoms with E-state index in [0.29, 0.717) is 0 Å². The lowest BCUT2D eigenvalue weighted by Gasteiger charge is -2.09. The van der Waals surface area contributed by atoms with Gasteiger partial charge in [-0.1, -0.05) is 6.92 Å². The minimum atomic E-state index is 0.220. The summed E-state index contributed by atoms with van der Waals surface area (Å²) < 4.78 is 2.18. The average Bonchev–Trinajstić information content (AvgIpc) is 2.90. The third kappa shape index (κ3) is 1.74. The van der Waals surface area contributed by atoms with Crippen molar-refractivity contribution in [1.29, 1.82) is 0 Å². The molecule has 0 unspecified atom stereocenters. The van der Waals surface area contributed by atoms with Gasteiger partial charge in [-0.2, -0.15) is 0 Å². The monoisotopic (exact) mass is 244 g/mol. The minimum Gasteiger partial charge on any atom is -0.396 e. The Labute approximate surface area is 108 Å². The molecule has 0 saturated carbocycles. The Bertz CT molecular complexity index is 586. The predicted octanol–water partition coefficient (Wildman–Crippen LogP) is 2.05. The Morgan fingerprint density at radius 2 is 1.94 bits per heavy atom. The Hall–Kier alpha value is -1.32. The molecule has 0 spiro atoms. The summed E-state index contributed by atoms with van der Waals surface area (Å²) >= 11 is 0. The molecule has 18 heavy (non-hydrogen) atoms. The first-order valence-electron chi connectivity index (χ1n) is 6.66. The van der Waals surface area contributed by atoms with Gasteiger partial charge in [0, 0.05) is 43.8 Å². The fraction of sp³-hybridized carbons (Fsp3) is 0.467. The maximum atomic E-state index is 9.14. The number of aliphatic hydroxyl groups is 1. The van der Waals surface area contributed by atoms with Gasteiger partial charge in [-0.15, -0.1) is 0 Å². The van der Waals surface area contributed by atoms with Gasteiger partial charge in [-0.3, -0.25) is 4.90 Å². The molecule has 3 heteroatoms. The topological polar surface area (TPSA) is 28.4 Å². The van der Waals surface area contributed by atoms with E-state index in [0.717, 1.165) is 26.1 Å². The lowest BCUT2D eigenvalue weighted by molar-refractivity contribution is 0.300. The molecule has 2 heterocycles. The van der Waals surface area contributed by atoms with Crippen LogP contribution in [-0.4, -0.2) is 27.7 Å². The molecule has 1 N–H and O–H groups in total. The van der Waals surface area contributed by atoms with E-state index in [-0.39, 0.29) is 6.61 Å². The van der Waals surface area contributed by atoms with Crippen molar-refractivity contribution in [2.75, 3.05) is 13.2 Å². The highest BCUT2D eigenvalue weighted by molar-refractivity contribution is 5.85. The quantitative estimate of drug-likeness (QED) is 0.895. The Kier molecular flexibility index (Phi) is 2.88. The number of rotatable bonds is 3. The highest BCUT2D eigenvalue weighted by atomic mass is 16.2. The molecule has 0 saturated heterocycles. The summed E-state index contributed by atoms with van der Waals surface area (Å²) in [5.74, 6) is 0. The smallest absolute Gasteiger partial charge is 0.0484 e. The lowest BCUT2D eigenvalue weighted by Crippen LogP contribution is -2.14. The molecule has 0 amide bonds. The molecule has 3 nitrogen and oxygen atoms in total. The fourth-order valence-electron chi connectivity index (χ4n) is 2.97. The zero-order valence-electron chi connectivity index (χ0n) is 11.1. The van der Waals surface area contributed by atoms with Gasteiger partial charge in [-0.05, 0) is 41.8 Å². The van der Waals surface area contributed by atoms with Crippen molar-refractivity contribution in [3.8, 4) is 0 Å². The highest BCUT2D eigenvalue weighted by Crippen LogP contribution is 2.30. The van der Waals surface area contributed by atoms with Crippen LogP contribution in [0.25, 0.3) is 10.9 Å². The van der Waals surface area contributed by atoms with E-state index < -0.39 is 0 Å². The SMILES string of the molecule is CCN1Cc2cc3c(CCO)cn(C)c3cc2C1. The van der Waals surface area contributed by atoms with E-state index in [4.69, 9.17) is 5.11 Å². The van der Waals surface area contributed by atoms with E-state index in [1.165, 1.54) is 27.6 Å². The van der Waals surface area contributed by atoms with Crippen LogP contribution in [0.3, 0.4) is 0 Å². The molecule has 96 valence electrons. The predicted molar refractivity (Wildman–Crippen MR) is 73.5 cm³/mol. The van der Waals surface area contributed by atoms with Crippen molar-refractivity contribution in [1.82, 2.24) is 9.47 Å². The van der Waals surface area contributed by atoms with Crippen LogP contribution in [0.4, 0.5) is 0 Å². The summed E-state index contributed by atoms with van der Waals surface area (Å²) in [5.41, 5.74) is 5.46. The Morgan fingerprint density at radius 1 is 1.22 bits per heavy atom. The maximum absolute atomic E-state index is 9.14. The number of hydrogen-bond acceptors (Lipinski definition) is 2. The van der Waals surface area contributed by atoms with Crippen LogP contribution in [0.1, 0.15) is 23.6 Å². The van der Waals surface area contributed by atoms with Gasteiger partial charge in [0.15, 0.2) is 0 Å². The number of aliphatic hydroxyl groups excluding tert-OH is 1. The molecule has 0 radical (unpaired) electrons. The molecule has 1 aromatic heterocycles. The number of benzene rings is 1. The van der Waals surface area contributed by atoms with E-state index in [9.17, 15) is 0 Å². The van der Waals surface area contributed by atoms with Gasteiger partial charge >= 0.3 is 0 Å². The average molecular weight is 244 g/mol. The van der Waals surface area contributed by atoms with Gasteiger partial charge in [-0.25, -0.2) is 0 Å². The summed E-state index contributed by atoms with van der Waals surface area (Å²) in [7, 11) is 2.09. The zero-order chi connectivity index (χ0) is 12.7. The molecule has 0 fully saturated rings. The van der Waals surface area contributed by atoms with Crippen LogP contribution in [0.15, 0.2) is 18.3 Å². The minimum absolute atomic E-state index is 0.220. The van der Waals surface area contributed by atoms with Gasteiger partial charge in [0.25, 0.3) is 0 Å². The van der Waals surface area contributed by atoms with Crippen LogP contribution in [0, 0.1) is 0 Å². The third-order valence-corrected chi connectivity index (χ3v) is 4.01. The van der Waals surface area contributed by atoms with Gasteiger partial charge in [0.2, 0.25) is 0 Å². The summed E-state index contributed by atoms with van der Waals surface area (Å²) in [6.07, 6.45) is 2.89. The second-order valence-corrected chi connectivity index (χ2v) is 5.18. The first-order valence-corrected chi connectivity index (χ1v) is 6.66. The Morgan fingerprint density at radius 3 is 2.61 bits per heavy atom. The molecule has 2 aromatic rings. The first kappa shape index (κ1) is 11.8. The van der Waals surface area contributed by atoms with Crippen LogP contribution >= 0.6 is 0 Å². The fourth-order valence-corrected chi connectivity index (χ4v) is 2.97. The van der Waals surface area contributed by atoms with Crippen LogP contribution < -0.4 is 0 Å². The molecule has 0 bridgehead atoms. The summed E-state index contributed by atoms with van der Waals surface area (Å²) in [5, 5.41) is 10.5. The van der Waals surface area contributed by atoms with E-state index in [1.54, 1.807) is 0 Å². The van der Waals surface area contributed by atoms with E-state index in [1.807, 2.05) is 0 Å². The normalized spacial score (nSPS) is 15.5. The van der Waals surface area contributed by atoms with E-state index >= 15 is 0 Å². The van der Waals surface area contributed by atoms with Crippen molar-refractivity contribution >= 4 is 10.9 Å². The lowest BCUT2D eigenvalue weighted by atomic mass is 10.0. The van der Waals surface area contributed by atoms with Gasteiger partial charge in [0.1, 0.15) is 0 Å². The standard InChI is InChI=1S/C15H20N2O/c1-3-17-9-12-6-14-11(4-5-18)8-16(2)15(14)7-13(12)10-17/h6-8,18H,3-5,9-10H2,1-2H3. The Balaban J connectivity index is 2.11. The second kappa shape index (κ2) is 4.41. The maximum Gasteiger partial charge on any atom is 0.0484 e.